The van der Waals surface area contributed by atoms with Crippen molar-refractivity contribution < 1.29 is 40.2 Å². The molecule has 2 nitrogen and oxygen atoms in total. The van der Waals surface area contributed by atoms with Gasteiger partial charge in [-0.05, 0) is 13.0 Å². The van der Waals surface area contributed by atoms with Crippen molar-refractivity contribution in [1.82, 2.24) is 0 Å². The van der Waals surface area contributed by atoms with Crippen LogP contribution in [0, 0.1) is 0 Å². The van der Waals surface area contributed by atoms with Crippen LogP contribution in [0.5, 0.6) is 5.75 Å². The molecule has 23 heavy (non-hydrogen) atoms. The van der Waals surface area contributed by atoms with Crippen LogP contribution in [0.3, 0.4) is 0 Å². The minimum atomic E-state index is -6.37. The average molecular weight is 348 g/mol. The standard InChI is InChI=1S/C14H15F7O2/c1-3-23-10-7-5-4-6-9(10)11(22-2)8-12(15,16)13(17,18)14(19,20)21/h4-7,11H,3,8H2,1-2H3. The first-order valence-corrected chi connectivity index (χ1v) is 6.54. The summed E-state index contributed by atoms with van der Waals surface area (Å²) in [5, 5.41) is 0. The van der Waals surface area contributed by atoms with E-state index >= 15 is 0 Å². The lowest BCUT2D eigenvalue weighted by molar-refractivity contribution is -0.358. The molecule has 9 heteroatoms. The number of para-hydroxylation sites is 1. The molecule has 0 amide bonds. The predicted octanol–water partition coefficient (Wildman–Crippen LogP) is 5.00. The van der Waals surface area contributed by atoms with E-state index in [4.69, 9.17) is 9.47 Å². The Morgan fingerprint density at radius 1 is 1.00 bits per heavy atom. The molecule has 0 saturated carbocycles. The van der Waals surface area contributed by atoms with Gasteiger partial charge in [0, 0.05) is 19.1 Å². The van der Waals surface area contributed by atoms with Gasteiger partial charge in [-0.1, -0.05) is 18.2 Å². The molecule has 0 aromatic heterocycles. The molecule has 1 atom stereocenters. The molecule has 0 N–H and O–H groups in total. The van der Waals surface area contributed by atoms with Crippen LogP contribution in [0.2, 0.25) is 0 Å². The van der Waals surface area contributed by atoms with Gasteiger partial charge in [0.25, 0.3) is 0 Å². The van der Waals surface area contributed by atoms with Gasteiger partial charge in [0.05, 0.1) is 12.7 Å². The topological polar surface area (TPSA) is 18.5 Å². The molecule has 0 radical (unpaired) electrons. The summed E-state index contributed by atoms with van der Waals surface area (Å²) in [7, 11) is 0.940. The zero-order chi connectivity index (χ0) is 17.9. The molecule has 0 aliphatic carbocycles. The maximum absolute atomic E-state index is 13.5. The molecule has 1 aromatic rings. The molecule has 1 rings (SSSR count). The van der Waals surface area contributed by atoms with E-state index in [0.29, 0.717) is 0 Å². The Bertz CT molecular complexity index is 514. The van der Waals surface area contributed by atoms with Crippen LogP contribution in [-0.4, -0.2) is 31.7 Å². The third-order valence-electron chi connectivity index (χ3n) is 3.11. The Labute approximate surface area is 128 Å². The van der Waals surface area contributed by atoms with Crippen LogP contribution >= 0.6 is 0 Å². The fourth-order valence-corrected chi connectivity index (χ4v) is 1.92. The van der Waals surface area contributed by atoms with Crippen molar-refractivity contribution >= 4 is 0 Å². The summed E-state index contributed by atoms with van der Waals surface area (Å²) >= 11 is 0. The van der Waals surface area contributed by atoms with Crippen molar-refractivity contribution in [3.05, 3.63) is 29.8 Å². The van der Waals surface area contributed by atoms with Crippen LogP contribution in [0.25, 0.3) is 0 Å². The van der Waals surface area contributed by atoms with Crippen molar-refractivity contribution in [3.8, 4) is 5.75 Å². The summed E-state index contributed by atoms with van der Waals surface area (Å²) in [6.07, 6.45) is -9.91. The van der Waals surface area contributed by atoms with Gasteiger partial charge in [0.2, 0.25) is 0 Å². The first-order valence-electron chi connectivity index (χ1n) is 6.54. The first kappa shape index (κ1) is 19.5. The SMILES string of the molecule is CCOc1ccccc1C(CC(F)(F)C(F)(F)C(F)(F)F)OC. The number of hydrogen-bond acceptors (Lipinski definition) is 2. The van der Waals surface area contributed by atoms with Crippen LogP contribution in [0.4, 0.5) is 30.7 Å². The zero-order valence-corrected chi connectivity index (χ0v) is 12.3. The van der Waals surface area contributed by atoms with E-state index in [2.05, 4.69) is 0 Å². The van der Waals surface area contributed by atoms with E-state index in [1.165, 1.54) is 24.3 Å². The van der Waals surface area contributed by atoms with Gasteiger partial charge in [-0.3, -0.25) is 0 Å². The van der Waals surface area contributed by atoms with Crippen molar-refractivity contribution in [3.63, 3.8) is 0 Å². The lowest BCUT2D eigenvalue weighted by Crippen LogP contribution is -2.52. The lowest BCUT2D eigenvalue weighted by atomic mass is 9.98. The number of hydrogen-bond donors (Lipinski definition) is 0. The highest BCUT2D eigenvalue weighted by molar-refractivity contribution is 5.35. The molecule has 0 bridgehead atoms. The quantitative estimate of drug-likeness (QED) is 0.646. The summed E-state index contributed by atoms with van der Waals surface area (Å²) in [5.74, 6) is -11.4. The van der Waals surface area contributed by atoms with Crippen molar-refractivity contribution in [1.29, 1.82) is 0 Å². The fraction of sp³-hybridized carbons (Fsp3) is 0.571. The number of benzene rings is 1. The van der Waals surface area contributed by atoms with Crippen molar-refractivity contribution in [2.45, 2.75) is 37.5 Å². The van der Waals surface area contributed by atoms with Crippen molar-refractivity contribution in [2.24, 2.45) is 0 Å². The Morgan fingerprint density at radius 3 is 2.04 bits per heavy atom. The molecule has 0 saturated heterocycles. The average Bonchev–Trinajstić information content (AvgIpc) is 2.44. The first-order chi connectivity index (χ1) is 10.5. The van der Waals surface area contributed by atoms with Crippen molar-refractivity contribution in [2.75, 3.05) is 13.7 Å². The summed E-state index contributed by atoms with van der Waals surface area (Å²) in [5.41, 5.74) is -0.0329. The van der Waals surface area contributed by atoms with Gasteiger partial charge in [0.1, 0.15) is 5.75 Å². The maximum Gasteiger partial charge on any atom is 0.459 e. The summed E-state index contributed by atoms with van der Waals surface area (Å²) in [6.45, 7) is 1.76. The molecule has 1 aromatic carbocycles. The molecule has 1 unspecified atom stereocenters. The molecule has 0 fully saturated rings. The molecule has 0 spiro atoms. The number of rotatable bonds is 7. The Kier molecular flexibility index (Phi) is 5.89. The van der Waals surface area contributed by atoms with Gasteiger partial charge < -0.3 is 9.47 Å². The largest absolute Gasteiger partial charge is 0.493 e. The number of ether oxygens (including phenoxy) is 2. The summed E-state index contributed by atoms with van der Waals surface area (Å²) < 4.78 is 99.5. The molecular weight excluding hydrogens is 333 g/mol. The van der Waals surface area contributed by atoms with E-state index in [-0.39, 0.29) is 17.9 Å². The normalized spacial score (nSPS) is 14.7. The van der Waals surface area contributed by atoms with Crippen LogP contribution in [-0.2, 0) is 4.74 Å². The Balaban J connectivity index is 3.14. The molecule has 0 aliphatic rings. The highest BCUT2D eigenvalue weighted by Gasteiger charge is 2.73. The maximum atomic E-state index is 13.5. The summed E-state index contributed by atoms with van der Waals surface area (Å²) in [4.78, 5) is 0. The van der Waals surface area contributed by atoms with E-state index in [1.807, 2.05) is 0 Å². The Hall–Kier alpha value is -1.51. The van der Waals surface area contributed by atoms with Crippen LogP contribution in [0.15, 0.2) is 24.3 Å². The third kappa shape index (κ3) is 4.07. The molecule has 132 valence electrons. The lowest BCUT2D eigenvalue weighted by Gasteiger charge is -2.31. The molecule has 0 aliphatic heterocycles. The van der Waals surface area contributed by atoms with Gasteiger partial charge in [0.15, 0.2) is 0 Å². The zero-order valence-electron chi connectivity index (χ0n) is 12.3. The fourth-order valence-electron chi connectivity index (χ4n) is 1.92. The van der Waals surface area contributed by atoms with E-state index in [0.717, 1.165) is 7.11 Å². The second-order valence-electron chi connectivity index (χ2n) is 4.68. The third-order valence-corrected chi connectivity index (χ3v) is 3.11. The number of methoxy groups -OCH3 is 1. The van der Waals surface area contributed by atoms with E-state index in [9.17, 15) is 30.7 Å². The second kappa shape index (κ2) is 6.94. The minimum Gasteiger partial charge on any atom is -0.493 e. The second-order valence-corrected chi connectivity index (χ2v) is 4.68. The van der Waals surface area contributed by atoms with Gasteiger partial charge in [-0.25, -0.2) is 0 Å². The number of alkyl halides is 7. The number of halogens is 7. The van der Waals surface area contributed by atoms with Gasteiger partial charge >= 0.3 is 18.0 Å². The highest BCUT2D eigenvalue weighted by atomic mass is 19.4. The smallest absolute Gasteiger partial charge is 0.459 e. The van der Waals surface area contributed by atoms with Crippen LogP contribution in [0.1, 0.15) is 25.0 Å². The van der Waals surface area contributed by atoms with Gasteiger partial charge in [-0.15, -0.1) is 0 Å². The van der Waals surface area contributed by atoms with E-state index in [1.54, 1.807) is 6.92 Å². The predicted molar refractivity (Wildman–Crippen MR) is 67.9 cm³/mol. The van der Waals surface area contributed by atoms with E-state index < -0.39 is 30.5 Å². The highest BCUT2D eigenvalue weighted by Crippen LogP contribution is 2.50. The van der Waals surface area contributed by atoms with Gasteiger partial charge in [-0.2, -0.15) is 30.7 Å². The Morgan fingerprint density at radius 2 is 1.57 bits per heavy atom. The molecule has 0 heterocycles. The van der Waals surface area contributed by atoms with Crippen LogP contribution < -0.4 is 4.74 Å². The molecular formula is C14H15F7O2. The minimum absolute atomic E-state index is 0.0329. The monoisotopic (exact) mass is 348 g/mol. The summed E-state index contributed by atoms with van der Waals surface area (Å²) in [6, 6.07) is 5.56.